The van der Waals surface area contributed by atoms with Gasteiger partial charge in [0.1, 0.15) is 0 Å². The third-order valence-corrected chi connectivity index (χ3v) is 3.42. The van der Waals surface area contributed by atoms with Crippen LogP contribution < -0.4 is 10.2 Å². The molecule has 0 saturated carbocycles. The Hall–Kier alpha value is 0.160. The predicted molar refractivity (Wildman–Crippen MR) is 86.0 cm³/mol. The molecule has 0 aliphatic heterocycles. The average Bonchev–Trinajstić information content (AvgIpc) is 2.34. The van der Waals surface area contributed by atoms with Crippen molar-refractivity contribution in [2.75, 3.05) is 0 Å². The van der Waals surface area contributed by atoms with Gasteiger partial charge < -0.3 is 25.3 Å². The first kappa shape index (κ1) is 30.1. The van der Waals surface area contributed by atoms with Crippen LogP contribution in [0.5, 0.6) is 0 Å². The number of carboxylic acids is 2. The molecule has 0 amide bonds. The number of rotatable bonds is 8. The molecule has 0 spiro atoms. The number of aliphatic carboxylic acids is 2. The molecule has 0 rings (SSSR count). The van der Waals surface area contributed by atoms with Gasteiger partial charge in [0.15, 0.2) is 0 Å². The van der Waals surface area contributed by atoms with Gasteiger partial charge in [-0.1, -0.05) is 67.2 Å². The van der Waals surface area contributed by atoms with Crippen molar-refractivity contribution in [3.63, 3.8) is 0 Å². The minimum absolute atomic E-state index is 0. The second-order valence-electron chi connectivity index (χ2n) is 6.55. The smallest absolute Gasteiger partial charge is 0.550 e. The molecule has 0 fully saturated rings. The molecule has 0 saturated heterocycles. The molecule has 0 bridgehead atoms. The Morgan fingerprint density at radius 1 is 0.773 bits per heavy atom. The van der Waals surface area contributed by atoms with Crippen molar-refractivity contribution in [2.24, 2.45) is 10.8 Å². The second kappa shape index (κ2) is 14.7. The Balaban J connectivity index is -0.000000135. The van der Waals surface area contributed by atoms with Crippen LogP contribution in [0, 0.1) is 10.8 Å². The van der Waals surface area contributed by atoms with Gasteiger partial charge in [-0.25, -0.2) is 0 Å². The molecule has 0 aromatic carbocycles. The molecule has 0 unspecified atom stereocenters. The van der Waals surface area contributed by atoms with Crippen molar-refractivity contribution in [3.8, 4) is 0 Å². The Bertz CT molecular complexity index is 271. The quantitative estimate of drug-likeness (QED) is 0.603. The van der Waals surface area contributed by atoms with Crippen molar-refractivity contribution in [1.82, 2.24) is 0 Å². The van der Waals surface area contributed by atoms with Gasteiger partial charge in [0.2, 0.25) is 0 Å². The molecule has 0 atom stereocenters. The minimum atomic E-state index is -0.944. The molecule has 5 nitrogen and oxygen atoms in total. The van der Waals surface area contributed by atoms with E-state index in [0.29, 0.717) is 12.8 Å². The normalized spacial score (nSPS) is 10.5. The SMILES string of the molecule is CCCCC(C)(C)C(=O)[O-].CCCCC(C)(C)C(=O)[O-].O.[Ca+2]. The fourth-order valence-corrected chi connectivity index (χ4v) is 1.44. The minimum Gasteiger partial charge on any atom is -0.550 e. The van der Waals surface area contributed by atoms with Crippen LogP contribution >= 0.6 is 0 Å². The topological polar surface area (TPSA) is 112 Å². The van der Waals surface area contributed by atoms with Gasteiger partial charge in [-0.2, -0.15) is 0 Å². The van der Waals surface area contributed by atoms with Crippen LogP contribution in [0.15, 0.2) is 0 Å². The van der Waals surface area contributed by atoms with Crippen molar-refractivity contribution in [2.45, 2.75) is 80.1 Å². The van der Waals surface area contributed by atoms with E-state index in [4.69, 9.17) is 0 Å². The van der Waals surface area contributed by atoms with Crippen LogP contribution in [-0.2, 0) is 9.59 Å². The Labute approximate surface area is 165 Å². The molecule has 6 heteroatoms. The number of carbonyl (C=O) groups is 2. The summed E-state index contributed by atoms with van der Waals surface area (Å²) in [6.45, 7) is 10.9. The van der Waals surface area contributed by atoms with E-state index in [1.54, 1.807) is 27.7 Å². The van der Waals surface area contributed by atoms with E-state index in [2.05, 4.69) is 0 Å². The summed E-state index contributed by atoms with van der Waals surface area (Å²) < 4.78 is 0. The first-order valence-electron chi connectivity index (χ1n) is 7.44. The van der Waals surface area contributed by atoms with E-state index >= 15 is 0 Å². The number of carboxylic acid groups (broad SMARTS) is 2. The summed E-state index contributed by atoms with van der Waals surface area (Å²) in [5.74, 6) is -1.89. The van der Waals surface area contributed by atoms with Crippen molar-refractivity contribution >= 4 is 49.7 Å². The number of unbranched alkanes of at least 4 members (excludes halogenated alkanes) is 2. The van der Waals surface area contributed by atoms with Crippen LogP contribution in [0.3, 0.4) is 0 Å². The monoisotopic (exact) mass is 344 g/mol. The van der Waals surface area contributed by atoms with Gasteiger partial charge in [0.05, 0.1) is 0 Å². The molecule has 22 heavy (non-hydrogen) atoms. The summed E-state index contributed by atoms with van der Waals surface area (Å²) in [5.41, 5.74) is -1.29. The molecule has 0 radical (unpaired) electrons. The Kier molecular flexibility index (Phi) is 20.1. The zero-order valence-corrected chi connectivity index (χ0v) is 17.3. The van der Waals surface area contributed by atoms with Crippen molar-refractivity contribution in [3.05, 3.63) is 0 Å². The molecular formula is C16H32CaO5. The maximum absolute atomic E-state index is 10.4. The maximum Gasteiger partial charge on any atom is 2.00 e. The van der Waals surface area contributed by atoms with Gasteiger partial charge in [0, 0.05) is 22.8 Å². The van der Waals surface area contributed by atoms with Crippen LogP contribution in [0.25, 0.3) is 0 Å². The number of carbonyl (C=O) groups excluding carboxylic acids is 2. The zero-order valence-electron chi connectivity index (χ0n) is 15.1. The van der Waals surface area contributed by atoms with Gasteiger partial charge in [-0.05, 0) is 12.8 Å². The van der Waals surface area contributed by atoms with E-state index in [1.165, 1.54) is 0 Å². The summed E-state index contributed by atoms with van der Waals surface area (Å²) >= 11 is 0. The van der Waals surface area contributed by atoms with Crippen molar-refractivity contribution < 1.29 is 25.3 Å². The average molecular weight is 345 g/mol. The summed E-state index contributed by atoms with van der Waals surface area (Å²) in [4.78, 5) is 20.8. The predicted octanol–water partition coefficient (Wildman–Crippen LogP) is 0.700. The first-order valence-corrected chi connectivity index (χ1v) is 7.44. The fourth-order valence-electron chi connectivity index (χ4n) is 1.44. The summed E-state index contributed by atoms with van der Waals surface area (Å²) in [6.07, 6.45) is 5.42. The fraction of sp³-hybridized carbons (Fsp3) is 0.875. The number of hydrogen-bond donors (Lipinski definition) is 0. The van der Waals surface area contributed by atoms with E-state index in [0.717, 1.165) is 25.7 Å². The second-order valence-corrected chi connectivity index (χ2v) is 6.55. The van der Waals surface area contributed by atoms with E-state index < -0.39 is 22.8 Å². The largest absolute Gasteiger partial charge is 2.00 e. The van der Waals surface area contributed by atoms with Crippen LogP contribution in [0.4, 0.5) is 0 Å². The van der Waals surface area contributed by atoms with Gasteiger partial charge >= 0.3 is 37.7 Å². The maximum atomic E-state index is 10.4. The molecule has 0 aliphatic rings. The summed E-state index contributed by atoms with van der Waals surface area (Å²) in [6, 6.07) is 0. The first-order chi connectivity index (χ1) is 9.01. The summed E-state index contributed by atoms with van der Waals surface area (Å²) in [7, 11) is 0. The van der Waals surface area contributed by atoms with Crippen LogP contribution in [0.2, 0.25) is 0 Å². The Morgan fingerprint density at radius 2 is 1.00 bits per heavy atom. The van der Waals surface area contributed by atoms with Gasteiger partial charge in [-0.15, -0.1) is 0 Å². The Morgan fingerprint density at radius 3 is 1.14 bits per heavy atom. The zero-order chi connectivity index (χ0) is 16.4. The van der Waals surface area contributed by atoms with E-state index in [1.807, 2.05) is 13.8 Å². The number of hydrogen-bond acceptors (Lipinski definition) is 4. The van der Waals surface area contributed by atoms with E-state index in [9.17, 15) is 19.8 Å². The van der Waals surface area contributed by atoms with Crippen LogP contribution in [0.1, 0.15) is 80.1 Å². The molecule has 128 valence electrons. The summed E-state index contributed by atoms with van der Waals surface area (Å²) in [5, 5.41) is 20.8. The molecule has 0 aliphatic carbocycles. The van der Waals surface area contributed by atoms with Crippen molar-refractivity contribution in [1.29, 1.82) is 0 Å². The standard InChI is InChI=1S/2C8H16O2.Ca.H2O/c2*1-4-5-6-8(2,3)7(9)10;;/h2*4-6H2,1-3H3,(H,9,10);;1H2/q;;+2;/p-2. The molecular weight excluding hydrogens is 312 g/mol. The molecule has 2 N–H and O–H groups in total. The van der Waals surface area contributed by atoms with Gasteiger partial charge in [-0.3, -0.25) is 0 Å². The third kappa shape index (κ3) is 15.1. The molecule has 0 aromatic heterocycles. The van der Waals surface area contributed by atoms with Gasteiger partial charge in [0.25, 0.3) is 0 Å². The van der Waals surface area contributed by atoms with E-state index in [-0.39, 0.29) is 43.2 Å². The third-order valence-electron chi connectivity index (χ3n) is 3.42. The molecule has 0 aromatic rings. The van der Waals surface area contributed by atoms with Crippen LogP contribution in [-0.4, -0.2) is 55.2 Å². The molecule has 0 heterocycles.